The fourth-order valence-electron chi connectivity index (χ4n) is 13.2. The summed E-state index contributed by atoms with van der Waals surface area (Å²) in [6, 6.07) is -1.08. The maximum atomic E-state index is 14.7. The predicted molar refractivity (Wildman–Crippen MR) is 329 cm³/mol. The number of cyclic esters (lactones) is 1. The van der Waals surface area contributed by atoms with Gasteiger partial charge in [-0.3, -0.25) is 24.0 Å². The zero-order chi connectivity index (χ0) is 63.4. The molecule has 20 nitrogen and oxygen atoms in total. The van der Waals surface area contributed by atoms with Gasteiger partial charge in [0.25, 0.3) is 11.7 Å². The molecule has 1 saturated carbocycles. The van der Waals surface area contributed by atoms with Gasteiger partial charge in [-0.1, -0.05) is 71.1 Å². The number of allylic oxidation sites excluding steroid dienone is 6. The van der Waals surface area contributed by atoms with Crippen LogP contribution in [0, 0.1) is 35.5 Å². The molecule has 87 heavy (non-hydrogen) atoms. The Labute approximate surface area is 517 Å². The molecular formula is C67H103N5O15. The van der Waals surface area contributed by atoms with E-state index in [4.69, 9.17) is 33.2 Å². The minimum Gasteiger partial charge on any atom is -0.461 e. The molecule has 2 N–H and O–H groups in total. The summed E-state index contributed by atoms with van der Waals surface area (Å²) in [6.45, 7) is 18.8. The van der Waals surface area contributed by atoms with Crippen LogP contribution in [0.15, 0.2) is 60.0 Å². The van der Waals surface area contributed by atoms with E-state index in [1.54, 1.807) is 40.5 Å². The van der Waals surface area contributed by atoms with Crippen molar-refractivity contribution in [2.24, 2.45) is 35.5 Å². The zero-order valence-corrected chi connectivity index (χ0v) is 53.9. The van der Waals surface area contributed by atoms with Crippen molar-refractivity contribution in [3.63, 3.8) is 0 Å². The number of piperazine rings is 1. The molecule has 486 valence electrons. The molecule has 15 atom stereocenters. The number of nitrogens with zero attached hydrogens (tertiary/aromatic N) is 5. The van der Waals surface area contributed by atoms with E-state index in [1.807, 2.05) is 82.9 Å². The molecule has 20 heteroatoms. The Balaban J connectivity index is 1.14. The molecule has 0 spiro atoms. The van der Waals surface area contributed by atoms with Crippen molar-refractivity contribution >= 4 is 41.3 Å². The number of carbonyl (C=O) groups excluding carboxylic acids is 6. The van der Waals surface area contributed by atoms with E-state index in [1.165, 1.54) is 12.0 Å². The van der Waals surface area contributed by atoms with E-state index >= 15 is 0 Å². The lowest BCUT2D eigenvalue weighted by Gasteiger charge is -2.42. The van der Waals surface area contributed by atoms with Gasteiger partial charge < -0.3 is 58.1 Å². The first-order valence-electron chi connectivity index (χ1n) is 32.2. The number of Topliss-reactive ketones (excluding diaryl/α,β-unsaturated/α-hetero) is 2. The minimum atomic E-state index is -2.42. The van der Waals surface area contributed by atoms with E-state index < -0.39 is 77.9 Å². The largest absolute Gasteiger partial charge is 0.461 e. The molecule has 3 saturated heterocycles. The molecule has 5 aliphatic rings. The third kappa shape index (κ3) is 20.1. The molecule has 1 aromatic rings. The van der Waals surface area contributed by atoms with Gasteiger partial charge in [0.15, 0.2) is 5.78 Å². The molecule has 4 fully saturated rings. The highest BCUT2D eigenvalue weighted by atomic mass is 16.6. The Bertz CT molecular complexity index is 2530. The lowest BCUT2D eigenvalue weighted by Crippen LogP contribution is -2.61. The maximum Gasteiger partial charge on any atom is 0.329 e. The van der Waals surface area contributed by atoms with Crippen molar-refractivity contribution in [2.75, 3.05) is 72.2 Å². The molecule has 0 aromatic carbocycles. The number of anilines is 1. The van der Waals surface area contributed by atoms with Crippen molar-refractivity contribution in [2.45, 2.75) is 213 Å². The quantitative estimate of drug-likeness (QED) is 0.0730. The number of ether oxygens (including phenoxy) is 7. The molecule has 1 aromatic heterocycles. The molecule has 2 amide bonds. The second-order valence-corrected chi connectivity index (χ2v) is 25.4. The van der Waals surface area contributed by atoms with Gasteiger partial charge in [-0.15, -0.1) is 0 Å². The third-order valence-corrected chi connectivity index (χ3v) is 18.7. The molecule has 4 aliphatic heterocycles. The average Bonchev–Trinajstić information content (AvgIpc) is 1.71. The number of ketones is 2. The van der Waals surface area contributed by atoms with Crippen molar-refractivity contribution in [1.82, 2.24) is 19.8 Å². The number of amides is 2. The SMILES string of the molecule is CCOCCC(=O)N1CCN(c2ncc(CCC(=O)O[C@@H]3CC[C@@H](C[C@@H](C)[C@@H]4CC[C@H](C)/C=C(\C)[C@@H](O)[C@@H](OC)C(=O)[C@H](C)C[C@H](C)/C=C/C=C/C=C(\C)[C@@H](OC)C[C@@H]5CC[C@@H](C)[C@@](O)(O5)C(=O)C(=O)N5CCCC[C@H]5C(=O)O4)C[C@H]3OC)cn2)CC1. The number of fused-ring (bicyclic) bond motifs is 3. The van der Waals surface area contributed by atoms with Crippen LogP contribution >= 0.6 is 0 Å². The van der Waals surface area contributed by atoms with Crippen molar-refractivity contribution in [3.8, 4) is 0 Å². The summed E-state index contributed by atoms with van der Waals surface area (Å²) in [5.74, 6) is -6.28. The smallest absolute Gasteiger partial charge is 0.329 e. The van der Waals surface area contributed by atoms with E-state index in [9.17, 15) is 39.0 Å². The number of piperidine rings is 1. The van der Waals surface area contributed by atoms with E-state index in [2.05, 4.69) is 14.9 Å². The molecule has 0 radical (unpaired) electrons. The summed E-state index contributed by atoms with van der Waals surface area (Å²) in [5.41, 5.74) is 2.27. The lowest BCUT2D eigenvalue weighted by atomic mass is 9.78. The number of hydrogen-bond acceptors (Lipinski definition) is 18. The number of aromatic nitrogens is 2. The summed E-state index contributed by atoms with van der Waals surface area (Å²) < 4.78 is 41.7. The molecular weight excluding hydrogens is 1110 g/mol. The summed E-state index contributed by atoms with van der Waals surface area (Å²) in [4.78, 5) is 97.7. The van der Waals surface area contributed by atoms with Crippen LogP contribution in [-0.2, 0) is 68.3 Å². The van der Waals surface area contributed by atoms with Crippen LogP contribution in [0.25, 0.3) is 0 Å². The number of methoxy groups -OCH3 is 3. The highest BCUT2D eigenvalue weighted by Crippen LogP contribution is 2.38. The van der Waals surface area contributed by atoms with Gasteiger partial charge in [-0.25, -0.2) is 14.8 Å². The van der Waals surface area contributed by atoms with Crippen LogP contribution in [0.4, 0.5) is 5.95 Å². The van der Waals surface area contributed by atoms with E-state index in [0.717, 1.165) is 17.6 Å². The van der Waals surface area contributed by atoms with Crippen molar-refractivity contribution < 1.29 is 72.1 Å². The van der Waals surface area contributed by atoms with Gasteiger partial charge in [0, 0.05) is 97.7 Å². The van der Waals surface area contributed by atoms with Gasteiger partial charge in [0.2, 0.25) is 17.6 Å². The highest BCUT2D eigenvalue weighted by molar-refractivity contribution is 6.39. The fraction of sp³-hybridized carbons (Fsp3) is 0.731. The van der Waals surface area contributed by atoms with Gasteiger partial charge in [-0.2, -0.15) is 0 Å². The predicted octanol–water partition coefficient (Wildman–Crippen LogP) is 8.05. The van der Waals surface area contributed by atoms with Gasteiger partial charge in [0.1, 0.15) is 30.5 Å². The second-order valence-electron chi connectivity index (χ2n) is 25.4. The van der Waals surface area contributed by atoms with E-state index in [-0.39, 0.29) is 66.8 Å². The third-order valence-electron chi connectivity index (χ3n) is 18.7. The number of carbonyl (C=O) groups is 6. The Morgan fingerprint density at radius 1 is 0.793 bits per heavy atom. The van der Waals surface area contributed by atoms with Gasteiger partial charge in [-0.05, 0) is 145 Å². The Kier molecular flexibility index (Phi) is 28.2. The number of hydrogen-bond donors (Lipinski definition) is 2. The van der Waals surface area contributed by atoms with E-state index in [0.29, 0.717) is 134 Å². The minimum absolute atomic E-state index is 0.0404. The number of aliphatic hydroxyl groups excluding tert-OH is 1. The van der Waals surface area contributed by atoms with Crippen molar-refractivity contribution in [1.29, 1.82) is 0 Å². The molecule has 0 unspecified atom stereocenters. The first kappa shape index (κ1) is 70.9. The number of rotatable bonds is 15. The average molecular weight is 1220 g/mol. The summed E-state index contributed by atoms with van der Waals surface area (Å²) in [7, 11) is 4.65. The first-order valence-corrected chi connectivity index (χ1v) is 32.2. The normalized spacial score (nSPS) is 34.1. The molecule has 5 heterocycles. The van der Waals surface area contributed by atoms with Crippen LogP contribution in [-0.4, -0.2) is 187 Å². The van der Waals surface area contributed by atoms with Gasteiger partial charge >= 0.3 is 11.9 Å². The van der Waals surface area contributed by atoms with Crippen molar-refractivity contribution in [3.05, 3.63) is 65.6 Å². The molecule has 2 bridgehead atoms. The highest BCUT2D eigenvalue weighted by Gasteiger charge is 2.53. The summed E-state index contributed by atoms with van der Waals surface area (Å²) >= 11 is 0. The van der Waals surface area contributed by atoms with Crippen LogP contribution in [0.5, 0.6) is 0 Å². The topological polar surface area (TPSA) is 243 Å². The Morgan fingerprint density at radius 3 is 2.22 bits per heavy atom. The van der Waals surface area contributed by atoms with Crippen LogP contribution in [0.2, 0.25) is 0 Å². The van der Waals surface area contributed by atoms with Gasteiger partial charge in [0.05, 0.1) is 31.3 Å². The number of esters is 2. The summed E-state index contributed by atoms with van der Waals surface area (Å²) in [5, 5.41) is 23.7. The Morgan fingerprint density at radius 2 is 1.53 bits per heavy atom. The summed E-state index contributed by atoms with van der Waals surface area (Å²) in [6.07, 6.45) is 18.0. The van der Waals surface area contributed by atoms with Crippen LogP contribution in [0.1, 0.15) is 157 Å². The molecule has 6 rings (SSSR count). The lowest BCUT2D eigenvalue weighted by molar-refractivity contribution is -0.265. The standard InChI is InChI=1S/C67H103N5O15/c1-12-84-35-29-58(73)70-31-33-71(34-32-70)66-68-41-51(42-69-66)24-28-59(74)85-55-27-23-50(39-57(55)82-10)38-46(5)54-26-21-44(3)37-48(7)61(76)62(83-11)60(75)47(6)36-43(2)18-14-13-15-19-45(4)56(81-9)40-52-25-22-49(8)67(80,87-52)63(77)64(78)72-30-17-16-20-53(72)65(79)86-54/h13-15,18-19,37,41-44,46-47,49-50,52-57,61-62,76,80H,12,16-17,20-36,38-40H2,1-11H3/b15-13+,18-14+,45-19+,48-37+/t43-,44+,46-,47-,49-,50+,52+,53+,54+,55-,56+,57-,61-,62+,67-/m1/s1. The molecule has 1 aliphatic carbocycles. The maximum absolute atomic E-state index is 14.7. The number of aliphatic hydroxyl groups is 2. The van der Waals surface area contributed by atoms with Crippen LogP contribution in [0.3, 0.4) is 0 Å². The number of aryl methyl sites for hydroxylation is 1. The Hall–Kier alpha value is -5.22. The first-order chi connectivity index (χ1) is 41.6. The van der Waals surface area contributed by atoms with Crippen LogP contribution < -0.4 is 4.90 Å². The monoisotopic (exact) mass is 1220 g/mol. The second kappa shape index (κ2) is 34.7. The zero-order valence-electron chi connectivity index (χ0n) is 53.9. The fourth-order valence-corrected chi connectivity index (χ4v) is 13.2.